The van der Waals surface area contributed by atoms with Crippen molar-refractivity contribution in [2.24, 2.45) is 0 Å². The molecular formula is C21H23N5O2. The second-order valence-corrected chi connectivity index (χ2v) is 7.85. The third kappa shape index (κ3) is 2.47. The SMILES string of the molecule is Cc1cnc2c(C(=O)N[C@@H]3c4ccccc4C4(CCNCC4)[C@H]3O)cnn2c1. The lowest BCUT2D eigenvalue weighted by molar-refractivity contribution is 0.0418. The number of hydrogen-bond donors (Lipinski definition) is 3. The highest BCUT2D eigenvalue weighted by Crippen LogP contribution is 2.50. The Morgan fingerprint density at radius 2 is 2.07 bits per heavy atom. The lowest BCUT2D eigenvalue weighted by atomic mass is 9.72. The molecule has 144 valence electrons. The predicted octanol–water partition coefficient (Wildman–Crippen LogP) is 1.50. The molecule has 3 aromatic rings. The third-order valence-corrected chi connectivity index (χ3v) is 6.23. The standard InChI is InChI=1S/C21H23N5O2/c1-13-10-23-19-15(11-24-26(19)12-13)20(28)25-17-14-4-2-3-5-16(14)21(18(17)27)6-8-22-9-7-21/h2-5,10-12,17-18,22,27H,6-9H2,1H3,(H,25,28)/t17-,18+/m1/s1. The van der Waals surface area contributed by atoms with E-state index in [-0.39, 0.29) is 11.3 Å². The largest absolute Gasteiger partial charge is 0.390 e. The van der Waals surface area contributed by atoms with Gasteiger partial charge in [-0.1, -0.05) is 24.3 Å². The van der Waals surface area contributed by atoms with Crippen LogP contribution in [0.1, 0.15) is 45.9 Å². The lowest BCUT2D eigenvalue weighted by Crippen LogP contribution is -2.48. The summed E-state index contributed by atoms with van der Waals surface area (Å²) in [5.74, 6) is -0.267. The molecule has 7 nitrogen and oxygen atoms in total. The van der Waals surface area contributed by atoms with E-state index >= 15 is 0 Å². The molecule has 1 saturated heterocycles. The molecule has 0 bridgehead atoms. The maximum Gasteiger partial charge on any atom is 0.257 e. The highest BCUT2D eigenvalue weighted by atomic mass is 16.3. The highest BCUT2D eigenvalue weighted by molar-refractivity contribution is 6.00. The molecule has 7 heteroatoms. The lowest BCUT2D eigenvalue weighted by Gasteiger charge is -2.38. The van der Waals surface area contributed by atoms with Crippen LogP contribution in [0.2, 0.25) is 0 Å². The van der Waals surface area contributed by atoms with Gasteiger partial charge in [-0.05, 0) is 49.5 Å². The Hall–Kier alpha value is -2.77. The molecule has 5 rings (SSSR count). The maximum atomic E-state index is 13.1. The number of carbonyl (C=O) groups excluding carboxylic acids is 1. The van der Waals surface area contributed by atoms with Gasteiger partial charge in [0.15, 0.2) is 5.65 Å². The molecule has 1 aliphatic carbocycles. The first-order valence-electron chi connectivity index (χ1n) is 9.69. The summed E-state index contributed by atoms with van der Waals surface area (Å²) in [5, 5.41) is 22.0. The van der Waals surface area contributed by atoms with Crippen molar-refractivity contribution >= 4 is 11.6 Å². The van der Waals surface area contributed by atoms with E-state index < -0.39 is 12.1 Å². The Bertz CT molecular complexity index is 1050. The quantitative estimate of drug-likeness (QED) is 0.630. The minimum absolute atomic E-state index is 0.267. The Labute approximate surface area is 162 Å². The Balaban J connectivity index is 1.50. The van der Waals surface area contributed by atoms with E-state index in [1.807, 2.05) is 31.3 Å². The van der Waals surface area contributed by atoms with Gasteiger partial charge in [-0.3, -0.25) is 4.79 Å². The Morgan fingerprint density at radius 3 is 2.89 bits per heavy atom. The summed E-state index contributed by atoms with van der Waals surface area (Å²) >= 11 is 0. The number of hydrogen-bond acceptors (Lipinski definition) is 5. The first kappa shape index (κ1) is 17.3. The number of aryl methyl sites for hydroxylation is 1. The van der Waals surface area contributed by atoms with E-state index in [0.717, 1.165) is 42.6 Å². The zero-order valence-electron chi connectivity index (χ0n) is 15.7. The molecule has 0 unspecified atom stereocenters. The topological polar surface area (TPSA) is 91.5 Å². The van der Waals surface area contributed by atoms with Gasteiger partial charge in [0.2, 0.25) is 0 Å². The zero-order chi connectivity index (χ0) is 19.3. The minimum Gasteiger partial charge on any atom is -0.390 e. The predicted molar refractivity (Wildman–Crippen MR) is 104 cm³/mol. The summed E-state index contributed by atoms with van der Waals surface area (Å²) in [4.78, 5) is 17.4. The maximum absolute atomic E-state index is 13.1. The van der Waals surface area contributed by atoms with Crippen LogP contribution in [0.4, 0.5) is 0 Å². The molecule has 2 aromatic heterocycles. The van der Waals surface area contributed by atoms with E-state index in [4.69, 9.17) is 0 Å². The first-order valence-corrected chi connectivity index (χ1v) is 9.69. The van der Waals surface area contributed by atoms with Crippen molar-refractivity contribution in [3.05, 3.63) is 65.1 Å². The third-order valence-electron chi connectivity index (χ3n) is 6.23. The van der Waals surface area contributed by atoms with E-state index in [1.54, 1.807) is 10.7 Å². The van der Waals surface area contributed by atoms with Gasteiger partial charge in [0, 0.05) is 17.8 Å². The molecule has 3 heterocycles. The summed E-state index contributed by atoms with van der Waals surface area (Å²) < 4.78 is 1.61. The van der Waals surface area contributed by atoms with Gasteiger partial charge in [0.05, 0.1) is 18.3 Å². The Kier molecular flexibility index (Phi) is 3.96. The number of piperidine rings is 1. The molecule has 1 fully saturated rings. The van der Waals surface area contributed by atoms with E-state index in [9.17, 15) is 9.90 Å². The van der Waals surface area contributed by atoms with Gasteiger partial charge in [0.25, 0.3) is 5.91 Å². The van der Waals surface area contributed by atoms with Crippen LogP contribution in [0, 0.1) is 6.92 Å². The van der Waals surface area contributed by atoms with Crippen molar-refractivity contribution in [3.8, 4) is 0 Å². The van der Waals surface area contributed by atoms with Crippen molar-refractivity contribution in [2.75, 3.05) is 13.1 Å². The van der Waals surface area contributed by atoms with Crippen LogP contribution in [0.5, 0.6) is 0 Å². The van der Waals surface area contributed by atoms with E-state index in [1.165, 1.54) is 6.20 Å². The van der Waals surface area contributed by atoms with Crippen molar-refractivity contribution in [1.29, 1.82) is 0 Å². The average molecular weight is 377 g/mol. The molecular weight excluding hydrogens is 354 g/mol. The Morgan fingerprint density at radius 1 is 1.29 bits per heavy atom. The number of fused-ring (bicyclic) bond motifs is 3. The number of nitrogens with one attached hydrogen (secondary N) is 2. The highest BCUT2D eigenvalue weighted by Gasteiger charge is 2.52. The zero-order valence-corrected chi connectivity index (χ0v) is 15.7. The molecule has 1 aromatic carbocycles. The molecule has 3 N–H and O–H groups in total. The number of carbonyl (C=O) groups is 1. The second-order valence-electron chi connectivity index (χ2n) is 7.85. The molecule has 1 aliphatic heterocycles. The van der Waals surface area contributed by atoms with Crippen LogP contribution in [0.3, 0.4) is 0 Å². The molecule has 2 atom stereocenters. The van der Waals surface area contributed by atoms with Gasteiger partial charge >= 0.3 is 0 Å². The average Bonchev–Trinajstić information content (AvgIpc) is 3.23. The van der Waals surface area contributed by atoms with Crippen molar-refractivity contribution in [3.63, 3.8) is 0 Å². The van der Waals surface area contributed by atoms with Crippen LogP contribution >= 0.6 is 0 Å². The van der Waals surface area contributed by atoms with Gasteiger partial charge in [0.1, 0.15) is 5.56 Å². The molecule has 28 heavy (non-hydrogen) atoms. The molecule has 0 radical (unpaired) electrons. The monoisotopic (exact) mass is 377 g/mol. The van der Waals surface area contributed by atoms with Gasteiger partial charge in [-0.2, -0.15) is 5.10 Å². The first-order chi connectivity index (χ1) is 13.6. The molecule has 0 saturated carbocycles. The normalized spacial score (nSPS) is 23.1. The number of benzene rings is 1. The second kappa shape index (κ2) is 6.39. The van der Waals surface area contributed by atoms with Crippen molar-refractivity contribution in [1.82, 2.24) is 25.2 Å². The van der Waals surface area contributed by atoms with Crippen LogP contribution in [-0.4, -0.2) is 44.8 Å². The van der Waals surface area contributed by atoms with Gasteiger partial charge in [-0.15, -0.1) is 0 Å². The molecule has 2 aliphatic rings. The fourth-order valence-electron chi connectivity index (χ4n) is 4.81. The summed E-state index contributed by atoms with van der Waals surface area (Å²) in [5.41, 5.74) is 3.75. The number of aliphatic hydroxyl groups excluding tert-OH is 1. The van der Waals surface area contributed by atoms with Gasteiger partial charge < -0.3 is 15.7 Å². The van der Waals surface area contributed by atoms with Crippen molar-refractivity contribution in [2.45, 2.75) is 37.3 Å². The molecule has 1 amide bonds. The van der Waals surface area contributed by atoms with E-state index in [2.05, 4.69) is 26.8 Å². The fraction of sp³-hybridized carbons (Fsp3) is 0.381. The minimum atomic E-state index is -0.659. The van der Waals surface area contributed by atoms with Crippen LogP contribution < -0.4 is 10.6 Å². The molecule has 1 spiro atoms. The number of rotatable bonds is 2. The fourth-order valence-corrected chi connectivity index (χ4v) is 4.81. The number of aromatic nitrogens is 3. The van der Waals surface area contributed by atoms with Crippen molar-refractivity contribution < 1.29 is 9.90 Å². The van der Waals surface area contributed by atoms with Crippen LogP contribution in [-0.2, 0) is 5.41 Å². The smallest absolute Gasteiger partial charge is 0.257 e. The number of amides is 1. The van der Waals surface area contributed by atoms with Crippen LogP contribution in [0.25, 0.3) is 5.65 Å². The van der Waals surface area contributed by atoms with Gasteiger partial charge in [-0.25, -0.2) is 9.50 Å². The summed E-state index contributed by atoms with van der Waals surface area (Å²) in [6.07, 6.45) is 6.14. The van der Waals surface area contributed by atoms with E-state index in [0.29, 0.717) is 11.2 Å². The summed E-state index contributed by atoms with van der Waals surface area (Å²) in [7, 11) is 0. The summed E-state index contributed by atoms with van der Waals surface area (Å²) in [6.45, 7) is 3.66. The van der Waals surface area contributed by atoms with Crippen LogP contribution in [0.15, 0.2) is 42.9 Å². The number of aliphatic hydroxyl groups is 1. The number of nitrogens with zero attached hydrogens (tertiary/aromatic N) is 3. The summed E-state index contributed by atoms with van der Waals surface area (Å²) in [6, 6.07) is 7.64.